The van der Waals surface area contributed by atoms with Crippen LogP contribution in [-0.2, 0) is 6.54 Å². The molecule has 0 aliphatic rings. The zero-order chi connectivity index (χ0) is 8.97. The summed E-state index contributed by atoms with van der Waals surface area (Å²) in [5.41, 5.74) is 1.24. The number of aliphatic hydroxyl groups excluding tert-OH is 1. The van der Waals surface area contributed by atoms with Gasteiger partial charge in [-0.15, -0.1) is 0 Å². The van der Waals surface area contributed by atoms with Gasteiger partial charge in [0.2, 0.25) is 0 Å². The van der Waals surface area contributed by atoms with Crippen molar-refractivity contribution in [2.24, 2.45) is 0 Å². The standard InChI is InChI=1S/C10H15NO/c1-9-5-3-7-11(9)8-4-6-10(2)12/h3-7,10,12H,8H2,1-2H3/b6-4+. The van der Waals surface area contributed by atoms with E-state index in [1.807, 2.05) is 18.3 Å². The molecule has 1 unspecified atom stereocenters. The minimum atomic E-state index is -0.346. The third kappa shape index (κ3) is 2.55. The van der Waals surface area contributed by atoms with Crippen molar-refractivity contribution >= 4 is 0 Å². The molecule has 0 aliphatic heterocycles. The molecule has 1 rings (SSSR count). The van der Waals surface area contributed by atoms with Crippen molar-refractivity contribution in [3.05, 3.63) is 36.2 Å². The van der Waals surface area contributed by atoms with Crippen molar-refractivity contribution < 1.29 is 5.11 Å². The average Bonchev–Trinajstić information content (AvgIpc) is 2.36. The number of rotatable bonds is 3. The Labute approximate surface area is 73.1 Å². The van der Waals surface area contributed by atoms with Crippen LogP contribution in [0.4, 0.5) is 0 Å². The molecule has 66 valence electrons. The van der Waals surface area contributed by atoms with E-state index in [-0.39, 0.29) is 6.10 Å². The number of hydrogen-bond donors (Lipinski definition) is 1. The van der Waals surface area contributed by atoms with Gasteiger partial charge in [0.15, 0.2) is 0 Å². The summed E-state index contributed by atoms with van der Waals surface area (Å²) in [6.45, 7) is 4.65. The molecular formula is C10H15NO. The Morgan fingerprint density at radius 3 is 2.92 bits per heavy atom. The van der Waals surface area contributed by atoms with Crippen molar-refractivity contribution in [3.8, 4) is 0 Å². The smallest absolute Gasteiger partial charge is 0.0693 e. The molecule has 0 saturated carbocycles. The summed E-state index contributed by atoms with van der Waals surface area (Å²) in [7, 11) is 0. The van der Waals surface area contributed by atoms with Crippen molar-refractivity contribution in [2.45, 2.75) is 26.5 Å². The van der Waals surface area contributed by atoms with E-state index in [0.717, 1.165) is 6.54 Å². The Kier molecular flexibility index (Phi) is 3.11. The highest BCUT2D eigenvalue weighted by Gasteiger charge is 1.91. The number of aryl methyl sites for hydroxylation is 1. The second-order valence-electron chi connectivity index (χ2n) is 2.97. The first-order valence-corrected chi connectivity index (χ1v) is 4.16. The van der Waals surface area contributed by atoms with Gasteiger partial charge in [0.1, 0.15) is 0 Å². The number of allylic oxidation sites excluding steroid dienone is 1. The Hall–Kier alpha value is -1.02. The first-order valence-electron chi connectivity index (χ1n) is 4.16. The third-order valence-electron chi connectivity index (χ3n) is 1.77. The zero-order valence-electron chi connectivity index (χ0n) is 7.57. The summed E-state index contributed by atoms with van der Waals surface area (Å²) in [6, 6.07) is 4.09. The fraction of sp³-hybridized carbons (Fsp3) is 0.400. The molecule has 0 amide bonds. The van der Waals surface area contributed by atoms with Crippen LogP contribution in [0.3, 0.4) is 0 Å². The van der Waals surface area contributed by atoms with Gasteiger partial charge < -0.3 is 9.67 Å². The van der Waals surface area contributed by atoms with Crippen LogP contribution < -0.4 is 0 Å². The summed E-state index contributed by atoms with van der Waals surface area (Å²) in [6.07, 6.45) is 5.44. The van der Waals surface area contributed by atoms with Gasteiger partial charge in [0.25, 0.3) is 0 Å². The van der Waals surface area contributed by atoms with Gasteiger partial charge >= 0.3 is 0 Å². The van der Waals surface area contributed by atoms with Gasteiger partial charge in [-0.1, -0.05) is 12.2 Å². The van der Waals surface area contributed by atoms with Crippen molar-refractivity contribution in [3.63, 3.8) is 0 Å². The maximum absolute atomic E-state index is 8.95. The largest absolute Gasteiger partial charge is 0.389 e. The van der Waals surface area contributed by atoms with E-state index in [2.05, 4.69) is 17.6 Å². The number of aliphatic hydroxyl groups is 1. The van der Waals surface area contributed by atoms with Crippen LogP contribution in [0, 0.1) is 6.92 Å². The highest BCUT2D eigenvalue weighted by molar-refractivity contribution is 5.05. The molecule has 2 heteroatoms. The van der Waals surface area contributed by atoms with Crippen molar-refractivity contribution in [1.82, 2.24) is 4.57 Å². The number of aromatic nitrogens is 1. The van der Waals surface area contributed by atoms with E-state index in [0.29, 0.717) is 0 Å². The van der Waals surface area contributed by atoms with Crippen LogP contribution in [0.5, 0.6) is 0 Å². The van der Waals surface area contributed by atoms with E-state index in [1.54, 1.807) is 13.0 Å². The van der Waals surface area contributed by atoms with Crippen molar-refractivity contribution in [1.29, 1.82) is 0 Å². The van der Waals surface area contributed by atoms with Crippen LogP contribution in [0.1, 0.15) is 12.6 Å². The highest BCUT2D eigenvalue weighted by Crippen LogP contribution is 1.99. The number of hydrogen-bond acceptors (Lipinski definition) is 1. The quantitative estimate of drug-likeness (QED) is 0.678. The summed E-state index contributed by atoms with van der Waals surface area (Å²) in [5, 5.41) is 8.95. The van der Waals surface area contributed by atoms with Crippen LogP contribution in [0.15, 0.2) is 30.5 Å². The summed E-state index contributed by atoms with van der Waals surface area (Å²) < 4.78 is 2.12. The fourth-order valence-corrected chi connectivity index (χ4v) is 1.08. The lowest BCUT2D eigenvalue weighted by Crippen LogP contribution is -1.97. The molecular weight excluding hydrogens is 150 g/mol. The lowest BCUT2D eigenvalue weighted by molar-refractivity contribution is 0.243. The lowest BCUT2D eigenvalue weighted by atomic mass is 10.3. The molecule has 2 nitrogen and oxygen atoms in total. The Balaban J connectivity index is 2.48. The molecule has 0 fully saturated rings. The average molecular weight is 165 g/mol. The zero-order valence-corrected chi connectivity index (χ0v) is 7.57. The molecule has 0 aromatic carbocycles. The number of nitrogens with zero attached hydrogens (tertiary/aromatic N) is 1. The third-order valence-corrected chi connectivity index (χ3v) is 1.77. The minimum Gasteiger partial charge on any atom is -0.389 e. The summed E-state index contributed by atoms with van der Waals surface area (Å²) in [4.78, 5) is 0. The first kappa shape index (κ1) is 9.07. The minimum absolute atomic E-state index is 0.346. The predicted molar refractivity (Wildman–Crippen MR) is 50.0 cm³/mol. The Morgan fingerprint density at radius 2 is 2.42 bits per heavy atom. The van der Waals surface area contributed by atoms with Crippen LogP contribution in [-0.4, -0.2) is 15.8 Å². The Morgan fingerprint density at radius 1 is 1.67 bits per heavy atom. The maximum atomic E-state index is 8.95. The van der Waals surface area contributed by atoms with Gasteiger partial charge in [0.05, 0.1) is 6.10 Å². The lowest BCUT2D eigenvalue weighted by Gasteiger charge is -2.01. The fourth-order valence-electron chi connectivity index (χ4n) is 1.08. The van der Waals surface area contributed by atoms with Gasteiger partial charge in [-0.05, 0) is 26.0 Å². The molecule has 0 radical (unpaired) electrons. The molecule has 0 bridgehead atoms. The van der Waals surface area contributed by atoms with Crippen LogP contribution in [0.25, 0.3) is 0 Å². The topological polar surface area (TPSA) is 25.2 Å². The summed E-state index contributed by atoms with van der Waals surface area (Å²) >= 11 is 0. The normalized spacial score (nSPS) is 13.9. The SMILES string of the molecule is Cc1cccn1C/C=C/C(C)O. The molecule has 1 atom stereocenters. The maximum Gasteiger partial charge on any atom is 0.0693 e. The predicted octanol–water partition coefficient (Wildman–Crippen LogP) is 1.73. The summed E-state index contributed by atoms with van der Waals surface area (Å²) in [5.74, 6) is 0. The molecule has 1 aromatic rings. The van der Waals surface area contributed by atoms with E-state index < -0.39 is 0 Å². The van der Waals surface area contributed by atoms with Crippen molar-refractivity contribution in [2.75, 3.05) is 0 Å². The van der Waals surface area contributed by atoms with E-state index in [1.165, 1.54) is 5.69 Å². The van der Waals surface area contributed by atoms with Crippen LogP contribution in [0.2, 0.25) is 0 Å². The van der Waals surface area contributed by atoms with Gasteiger partial charge in [-0.25, -0.2) is 0 Å². The van der Waals surface area contributed by atoms with Crippen LogP contribution >= 0.6 is 0 Å². The van der Waals surface area contributed by atoms with E-state index >= 15 is 0 Å². The second kappa shape index (κ2) is 4.12. The molecule has 0 aliphatic carbocycles. The molecule has 0 saturated heterocycles. The molecule has 1 heterocycles. The monoisotopic (exact) mass is 165 g/mol. The Bertz CT molecular complexity index is 261. The van der Waals surface area contributed by atoms with E-state index in [4.69, 9.17) is 5.11 Å². The van der Waals surface area contributed by atoms with Gasteiger partial charge in [-0.3, -0.25) is 0 Å². The van der Waals surface area contributed by atoms with Gasteiger partial charge in [-0.2, -0.15) is 0 Å². The second-order valence-corrected chi connectivity index (χ2v) is 2.97. The molecule has 1 aromatic heterocycles. The molecule has 0 spiro atoms. The highest BCUT2D eigenvalue weighted by atomic mass is 16.3. The van der Waals surface area contributed by atoms with E-state index in [9.17, 15) is 0 Å². The molecule has 1 N–H and O–H groups in total. The van der Waals surface area contributed by atoms with Gasteiger partial charge in [0, 0.05) is 18.4 Å². The first-order chi connectivity index (χ1) is 5.70. The molecule has 12 heavy (non-hydrogen) atoms.